The molecule has 3 saturated heterocycles. The number of carbonyl (C=O) groups is 2. The van der Waals surface area contributed by atoms with E-state index >= 15 is 0 Å². The smallest absolute Gasteiger partial charge is 0.320 e. The van der Waals surface area contributed by atoms with Crippen molar-refractivity contribution in [2.24, 2.45) is 0 Å². The van der Waals surface area contributed by atoms with Gasteiger partial charge in [0.1, 0.15) is 6.61 Å². The molecule has 3 fully saturated rings. The van der Waals surface area contributed by atoms with E-state index < -0.39 is 0 Å². The lowest BCUT2D eigenvalue weighted by molar-refractivity contribution is -0.139. The van der Waals surface area contributed by atoms with Crippen LogP contribution in [0.2, 0.25) is 0 Å². The summed E-state index contributed by atoms with van der Waals surface area (Å²) >= 11 is 0. The average Bonchev–Trinajstić information content (AvgIpc) is 2.73. The van der Waals surface area contributed by atoms with Crippen LogP contribution in [0.15, 0.2) is 54.6 Å². The van der Waals surface area contributed by atoms with Crippen LogP contribution >= 0.6 is 0 Å². The fourth-order valence-corrected chi connectivity index (χ4v) is 4.50. The normalized spacial score (nSPS) is 24.5. The molecule has 2 atom stereocenters. The van der Waals surface area contributed by atoms with Gasteiger partial charge in [-0.3, -0.25) is 4.79 Å². The topological polar surface area (TPSA) is 61.9 Å². The Morgan fingerprint density at radius 2 is 1.66 bits per heavy atom. The number of nitrogens with one attached hydrogen (secondary N) is 1. The Kier molecular flexibility index (Phi) is 4.72. The Morgan fingerprint density at radius 1 is 0.931 bits per heavy atom. The van der Waals surface area contributed by atoms with E-state index in [2.05, 4.69) is 41.7 Å². The zero-order valence-corrected chi connectivity index (χ0v) is 16.3. The van der Waals surface area contributed by atoms with Crippen LogP contribution in [0.5, 0.6) is 0 Å². The van der Waals surface area contributed by atoms with Crippen LogP contribution in [-0.2, 0) is 9.53 Å². The third-order valence-corrected chi connectivity index (χ3v) is 6.24. The largest absolute Gasteiger partial charge is 0.366 e. The molecule has 29 heavy (non-hydrogen) atoms. The van der Waals surface area contributed by atoms with Gasteiger partial charge in [-0.25, -0.2) is 4.79 Å². The second kappa shape index (κ2) is 7.52. The molecule has 3 aliphatic heterocycles. The molecule has 0 radical (unpaired) electrons. The van der Waals surface area contributed by atoms with Crippen LogP contribution < -0.4 is 5.32 Å². The fourth-order valence-electron chi connectivity index (χ4n) is 4.50. The molecule has 0 spiro atoms. The molecule has 6 nitrogen and oxygen atoms in total. The van der Waals surface area contributed by atoms with Crippen molar-refractivity contribution >= 4 is 11.9 Å². The van der Waals surface area contributed by atoms with Gasteiger partial charge in [0.05, 0.1) is 12.1 Å². The number of morpholine rings is 1. The summed E-state index contributed by atoms with van der Waals surface area (Å²) in [6.07, 6.45) is 0.804. The predicted octanol–water partition coefficient (Wildman–Crippen LogP) is 2.46. The van der Waals surface area contributed by atoms with Crippen molar-refractivity contribution in [3.63, 3.8) is 0 Å². The fraction of sp³-hybridized carbons (Fsp3) is 0.391. The third kappa shape index (κ3) is 3.60. The minimum Gasteiger partial charge on any atom is -0.366 e. The van der Waals surface area contributed by atoms with Crippen molar-refractivity contribution in [3.05, 3.63) is 60.2 Å². The second-order valence-corrected chi connectivity index (χ2v) is 8.13. The van der Waals surface area contributed by atoms with Crippen LogP contribution in [0, 0.1) is 0 Å². The van der Waals surface area contributed by atoms with E-state index in [4.69, 9.17) is 4.74 Å². The Balaban J connectivity index is 1.17. The third-order valence-electron chi connectivity index (χ3n) is 6.24. The molecule has 3 amide bonds. The van der Waals surface area contributed by atoms with Crippen molar-refractivity contribution in [1.29, 1.82) is 0 Å². The summed E-state index contributed by atoms with van der Waals surface area (Å²) < 4.78 is 5.58. The SMILES string of the molecule is O=C1CO[C@H]2CCN(C(=O)N3CC(c4ccc(-c5ccccc5)cc4)C3)C[C@H]2N1. The summed E-state index contributed by atoms with van der Waals surface area (Å²) in [5, 5.41) is 2.96. The first-order valence-corrected chi connectivity index (χ1v) is 10.3. The number of carbonyl (C=O) groups excluding carboxylic acids is 2. The summed E-state index contributed by atoms with van der Waals surface area (Å²) in [5.41, 5.74) is 3.70. The Hall–Kier alpha value is -2.86. The van der Waals surface area contributed by atoms with Crippen molar-refractivity contribution in [3.8, 4) is 11.1 Å². The molecule has 2 aromatic carbocycles. The van der Waals surface area contributed by atoms with Crippen LogP contribution in [0.25, 0.3) is 11.1 Å². The summed E-state index contributed by atoms with van der Waals surface area (Å²) in [5.74, 6) is 0.294. The quantitative estimate of drug-likeness (QED) is 0.856. The first-order chi connectivity index (χ1) is 14.2. The van der Waals surface area contributed by atoms with Gasteiger partial charge in [-0.05, 0) is 23.1 Å². The van der Waals surface area contributed by atoms with Crippen molar-refractivity contribution in [1.82, 2.24) is 15.1 Å². The Bertz CT molecular complexity index is 893. The number of urea groups is 1. The highest BCUT2D eigenvalue weighted by Crippen LogP contribution is 2.30. The lowest BCUT2D eigenvalue weighted by Crippen LogP contribution is -2.63. The van der Waals surface area contributed by atoms with Crippen LogP contribution in [-0.4, -0.2) is 66.7 Å². The predicted molar refractivity (Wildman–Crippen MR) is 109 cm³/mol. The zero-order valence-electron chi connectivity index (χ0n) is 16.3. The minimum atomic E-state index is -0.0940. The van der Waals surface area contributed by atoms with Crippen LogP contribution in [0.4, 0.5) is 4.79 Å². The Labute approximate surface area is 170 Å². The molecule has 0 saturated carbocycles. The summed E-state index contributed by atoms with van der Waals surface area (Å²) in [6.45, 7) is 2.84. The maximum absolute atomic E-state index is 12.9. The van der Waals surface area contributed by atoms with Crippen molar-refractivity contribution < 1.29 is 14.3 Å². The van der Waals surface area contributed by atoms with Gasteiger partial charge in [-0.2, -0.15) is 0 Å². The zero-order chi connectivity index (χ0) is 19.8. The number of hydrogen-bond acceptors (Lipinski definition) is 3. The van der Waals surface area contributed by atoms with E-state index in [-0.39, 0.29) is 30.7 Å². The molecule has 150 valence electrons. The van der Waals surface area contributed by atoms with E-state index in [1.54, 1.807) is 0 Å². The molecular formula is C23H25N3O3. The van der Waals surface area contributed by atoms with Gasteiger partial charge in [0.25, 0.3) is 0 Å². The molecule has 6 heteroatoms. The minimum absolute atomic E-state index is 0.0315. The molecule has 1 N–H and O–H groups in total. The highest BCUT2D eigenvalue weighted by Gasteiger charge is 2.40. The number of likely N-dealkylation sites (tertiary alicyclic amines) is 2. The highest BCUT2D eigenvalue weighted by atomic mass is 16.5. The van der Waals surface area contributed by atoms with E-state index in [1.807, 2.05) is 28.0 Å². The first kappa shape index (κ1) is 18.2. The van der Waals surface area contributed by atoms with Crippen molar-refractivity contribution in [2.75, 3.05) is 32.8 Å². The number of hydrogen-bond donors (Lipinski definition) is 1. The summed E-state index contributed by atoms with van der Waals surface area (Å²) in [4.78, 5) is 28.2. The maximum Gasteiger partial charge on any atom is 0.320 e. The van der Waals surface area contributed by atoms with Gasteiger partial charge in [0.15, 0.2) is 0 Å². The highest BCUT2D eigenvalue weighted by molar-refractivity contribution is 5.79. The molecule has 0 aromatic heterocycles. The summed E-state index contributed by atoms with van der Waals surface area (Å²) in [7, 11) is 0. The number of nitrogens with zero attached hydrogens (tertiary/aromatic N) is 2. The lowest BCUT2D eigenvalue weighted by atomic mass is 9.90. The molecule has 3 heterocycles. The molecule has 3 aliphatic rings. The molecule has 0 unspecified atom stereocenters. The second-order valence-electron chi connectivity index (χ2n) is 8.13. The number of ether oxygens (including phenoxy) is 1. The van der Waals surface area contributed by atoms with Crippen LogP contribution in [0.3, 0.4) is 0 Å². The Morgan fingerprint density at radius 3 is 2.41 bits per heavy atom. The number of amides is 3. The maximum atomic E-state index is 12.9. The molecule has 5 rings (SSSR count). The molecular weight excluding hydrogens is 366 g/mol. The first-order valence-electron chi connectivity index (χ1n) is 10.3. The van der Waals surface area contributed by atoms with Gasteiger partial charge in [0.2, 0.25) is 5.91 Å². The van der Waals surface area contributed by atoms with Gasteiger partial charge in [0, 0.05) is 32.1 Å². The van der Waals surface area contributed by atoms with E-state index in [0.717, 1.165) is 19.5 Å². The van der Waals surface area contributed by atoms with E-state index in [0.29, 0.717) is 19.0 Å². The molecule has 0 bridgehead atoms. The van der Waals surface area contributed by atoms with E-state index in [1.165, 1.54) is 16.7 Å². The van der Waals surface area contributed by atoms with E-state index in [9.17, 15) is 9.59 Å². The number of piperidine rings is 1. The van der Waals surface area contributed by atoms with Gasteiger partial charge in [-0.15, -0.1) is 0 Å². The molecule has 0 aliphatic carbocycles. The van der Waals surface area contributed by atoms with Crippen molar-refractivity contribution in [2.45, 2.75) is 24.5 Å². The standard InChI is InChI=1S/C23H25N3O3/c27-22-15-29-21-10-11-25(14-20(21)24-22)23(28)26-12-19(13-26)18-8-6-17(7-9-18)16-4-2-1-3-5-16/h1-9,19-21H,10-15H2,(H,24,27)/t20-,21+/m1/s1. The number of fused-ring (bicyclic) bond motifs is 1. The summed E-state index contributed by atoms with van der Waals surface area (Å²) in [6, 6.07) is 19.0. The number of benzene rings is 2. The number of rotatable bonds is 2. The monoisotopic (exact) mass is 391 g/mol. The van der Waals surface area contributed by atoms with Gasteiger partial charge in [-0.1, -0.05) is 54.6 Å². The van der Waals surface area contributed by atoms with Gasteiger partial charge < -0.3 is 19.9 Å². The lowest BCUT2D eigenvalue weighted by Gasteiger charge is -2.46. The van der Waals surface area contributed by atoms with Crippen LogP contribution in [0.1, 0.15) is 17.9 Å². The molecule has 2 aromatic rings. The van der Waals surface area contributed by atoms with Gasteiger partial charge >= 0.3 is 6.03 Å². The average molecular weight is 391 g/mol.